The van der Waals surface area contributed by atoms with Gasteiger partial charge in [0.2, 0.25) is 5.91 Å². The van der Waals surface area contributed by atoms with Crippen LogP contribution in [0.4, 0.5) is 0 Å². The number of aliphatic hydroxyl groups excluding tert-OH is 1. The molecule has 1 atom stereocenters. The van der Waals surface area contributed by atoms with Crippen molar-refractivity contribution in [2.45, 2.75) is 37.1 Å². The first kappa shape index (κ1) is 28.7. The Morgan fingerprint density at radius 1 is 1.26 bits per heavy atom. The van der Waals surface area contributed by atoms with Gasteiger partial charge in [-0.1, -0.05) is 29.8 Å². The van der Waals surface area contributed by atoms with Crippen molar-refractivity contribution in [2.75, 3.05) is 33.5 Å². The molecule has 10 nitrogen and oxygen atoms in total. The Morgan fingerprint density at radius 2 is 1.90 bits per heavy atom. The van der Waals surface area contributed by atoms with Crippen LogP contribution < -0.4 is 0 Å². The normalized spacial score (nSPS) is 16.3. The van der Waals surface area contributed by atoms with Crippen molar-refractivity contribution in [3.63, 3.8) is 0 Å². The van der Waals surface area contributed by atoms with Crippen LogP contribution in [0.3, 0.4) is 0 Å². The van der Waals surface area contributed by atoms with Crippen LogP contribution in [0.25, 0.3) is 0 Å². The average molecular weight is 462 g/mol. The number of esters is 1. The molecule has 0 unspecified atom stereocenters. The van der Waals surface area contributed by atoms with Crippen molar-refractivity contribution in [3.8, 4) is 0 Å². The fourth-order valence-electron chi connectivity index (χ4n) is 2.67. The first-order chi connectivity index (χ1) is 14.2. The minimum absolute atomic E-state index is 0. The summed E-state index contributed by atoms with van der Waals surface area (Å²) in [4.78, 5) is 24.1. The zero-order valence-electron chi connectivity index (χ0n) is 17.7. The summed E-state index contributed by atoms with van der Waals surface area (Å²) in [6.45, 7) is 2.52. The Balaban J connectivity index is 0.000000640. The molecule has 0 bridgehead atoms. The molecular formula is C20H31NO9S. The van der Waals surface area contributed by atoms with Crippen LogP contribution >= 0.6 is 0 Å². The van der Waals surface area contributed by atoms with E-state index < -0.39 is 16.1 Å². The molecular weight excluding hydrogens is 430 g/mol. The molecule has 2 rings (SSSR count). The second-order valence-corrected chi connectivity index (χ2v) is 8.05. The lowest BCUT2D eigenvalue weighted by Crippen LogP contribution is -2.45. The molecule has 1 heterocycles. The number of hydrogen-bond donors (Lipinski definition) is 2. The highest BCUT2D eigenvalue weighted by atomic mass is 32.2. The molecule has 4 N–H and O–H groups in total. The van der Waals surface area contributed by atoms with Crippen LogP contribution in [0.15, 0.2) is 41.3 Å². The number of rotatable bonds is 8. The summed E-state index contributed by atoms with van der Waals surface area (Å²) < 4.78 is 39.0. The third kappa shape index (κ3) is 11.0. The monoisotopic (exact) mass is 461 g/mol. The third-order valence-electron chi connectivity index (χ3n) is 4.35. The number of ether oxygens (including phenoxy) is 2. The minimum atomic E-state index is -4.02. The van der Waals surface area contributed by atoms with E-state index in [-0.39, 0.29) is 35.5 Å². The molecule has 11 heteroatoms. The van der Waals surface area contributed by atoms with E-state index in [0.717, 1.165) is 18.4 Å². The standard InChI is InChI=1S/C13H21NO5.C7H8O3S.H2O/c1-18-13(17)10-19-8-3-2-7-14-11(9-15)5-4-6-12(14)16;1-6-2-4-7(5-3-6)11(8,9)10;/h2-3,11,15H,4-10H2,1H3;2-5H,1H3,(H,8,9,10);1H2/t11-;;/m1../s1. The van der Waals surface area contributed by atoms with Crippen LogP contribution in [0.5, 0.6) is 0 Å². The highest BCUT2D eigenvalue weighted by Crippen LogP contribution is 2.17. The van der Waals surface area contributed by atoms with Gasteiger partial charge in [-0.05, 0) is 31.9 Å². The molecule has 1 aliphatic rings. The van der Waals surface area contributed by atoms with Crippen LogP contribution in [-0.4, -0.2) is 79.8 Å². The number of aliphatic hydroxyl groups is 1. The number of nitrogens with zero attached hydrogens (tertiary/aromatic N) is 1. The van der Waals surface area contributed by atoms with E-state index in [1.165, 1.54) is 19.2 Å². The summed E-state index contributed by atoms with van der Waals surface area (Å²) in [6, 6.07) is 5.91. The number of hydrogen-bond acceptors (Lipinski definition) is 7. The molecule has 176 valence electrons. The number of piperidine rings is 1. The maximum atomic E-state index is 11.7. The first-order valence-corrected chi connectivity index (χ1v) is 10.9. The predicted octanol–water partition coefficient (Wildman–Crippen LogP) is 0.523. The number of methoxy groups -OCH3 is 1. The second kappa shape index (κ2) is 14.7. The highest BCUT2D eigenvalue weighted by molar-refractivity contribution is 7.85. The molecule has 1 amide bonds. The van der Waals surface area contributed by atoms with Gasteiger partial charge in [0.05, 0.1) is 31.3 Å². The van der Waals surface area contributed by atoms with E-state index >= 15 is 0 Å². The number of benzene rings is 1. The third-order valence-corrected chi connectivity index (χ3v) is 5.22. The zero-order chi connectivity index (χ0) is 22.6. The van der Waals surface area contributed by atoms with Crippen LogP contribution in [-0.2, 0) is 29.2 Å². The summed E-state index contributed by atoms with van der Waals surface area (Å²) in [5.74, 6) is -0.342. The van der Waals surface area contributed by atoms with E-state index in [1.54, 1.807) is 23.1 Å². The first-order valence-electron chi connectivity index (χ1n) is 9.43. The Labute approximate surface area is 182 Å². The van der Waals surface area contributed by atoms with Gasteiger partial charge in [0.1, 0.15) is 6.61 Å². The van der Waals surface area contributed by atoms with Crippen molar-refractivity contribution >= 4 is 22.0 Å². The van der Waals surface area contributed by atoms with E-state index in [2.05, 4.69) is 4.74 Å². The Morgan fingerprint density at radius 3 is 2.45 bits per heavy atom. The summed E-state index contributed by atoms with van der Waals surface area (Å²) in [6.07, 6.45) is 5.78. The van der Waals surface area contributed by atoms with Crippen molar-refractivity contribution < 1.29 is 42.6 Å². The minimum Gasteiger partial charge on any atom is -0.467 e. The maximum absolute atomic E-state index is 11.7. The molecule has 0 radical (unpaired) electrons. The second-order valence-electron chi connectivity index (χ2n) is 6.63. The van der Waals surface area contributed by atoms with Gasteiger partial charge in [0.15, 0.2) is 0 Å². The van der Waals surface area contributed by atoms with Crippen molar-refractivity contribution in [1.29, 1.82) is 0 Å². The zero-order valence-corrected chi connectivity index (χ0v) is 18.5. The molecule has 31 heavy (non-hydrogen) atoms. The highest BCUT2D eigenvalue weighted by Gasteiger charge is 2.26. The summed E-state index contributed by atoms with van der Waals surface area (Å²) in [5, 5.41) is 9.21. The van der Waals surface area contributed by atoms with Gasteiger partial charge in [0.25, 0.3) is 10.1 Å². The molecule has 0 saturated carbocycles. The van der Waals surface area contributed by atoms with Crippen molar-refractivity contribution in [2.24, 2.45) is 0 Å². The van der Waals surface area contributed by atoms with Gasteiger partial charge >= 0.3 is 5.97 Å². The van der Waals surface area contributed by atoms with Gasteiger partial charge < -0.3 is 25.0 Å². The number of aryl methyl sites for hydroxylation is 1. The number of amides is 1. The van der Waals surface area contributed by atoms with Crippen molar-refractivity contribution in [1.82, 2.24) is 4.90 Å². The quantitative estimate of drug-likeness (QED) is 0.245. The smallest absolute Gasteiger partial charge is 0.331 e. The molecule has 0 aromatic heterocycles. The molecule has 0 spiro atoms. The maximum Gasteiger partial charge on any atom is 0.331 e. The average Bonchev–Trinajstić information content (AvgIpc) is 2.71. The fraction of sp³-hybridized carbons (Fsp3) is 0.500. The van der Waals surface area contributed by atoms with E-state index in [0.29, 0.717) is 19.6 Å². The molecule has 1 saturated heterocycles. The van der Waals surface area contributed by atoms with E-state index in [4.69, 9.17) is 9.29 Å². The molecule has 1 aromatic carbocycles. The predicted molar refractivity (Wildman–Crippen MR) is 113 cm³/mol. The molecule has 1 fully saturated rings. The van der Waals surface area contributed by atoms with Gasteiger partial charge in [-0.3, -0.25) is 9.35 Å². The Bertz CT molecular complexity index is 806. The molecule has 1 aliphatic heterocycles. The Kier molecular flexibility index (Phi) is 13.6. The fourth-order valence-corrected chi connectivity index (χ4v) is 3.15. The summed E-state index contributed by atoms with van der Waals surface area (Å²) in [7, 11) is -2.72. The number of carbonyl (C=O) groups excluding carboxylic acids is 2. The van der Waals surface area contributed by atoms with Crippen LogP contribution in [0.2, 0.25) is 0 Å². The summed E-state index contributed by atoms with van der Waals surface area (Å²) in [5.41, 5.74) is 0.956. The molecule has 1 aromatic rings. The topological polar surface area (TPSA) is 162 Å². The van der Waals surface area contributed by atoms with E-state index in [9.17, 15) is 23.1 Å². The Hall–Kier alpha value is -2.31. The number of likely N-dealkylation sites (tertiary alicyclic amines) is 1. The summed E-state index contributed by atoms with van der Waals surface area (Å²) >= 11 is 0. The van der Waals surface area contributed by atoms with Gasteiger partial charge in [-0.25, -0.2) is 4.79 Å². The number of carbonyl (C=O) groups is 2. The van der Waals surface area contributed by atoms with Crippen LogP contribution in [0, 0.1) is 6.92 Å². The molecule has 0 aliphatic carbocycles. The largest absolute Gasteiger partial charge is 0.467 e. The van der Waals surface area contributed by atoms with Crippen molar-refractivity contribution in [3.05, 3.63) is 42.0 Å². The van der Waals surface area contributed by atoms with E-state index in [1.807, 2.05) is 13.0 Å². The van der Waals surface area contributed by atoms with Gasteiger partial charge in [0, 0.05) is 13.0 Å². The lowest BCUT2D eigenvalue weighted by Gasteiger charge is -2.33. The van der Waals surface area contributed by atoms with Gasteiger partial charge in [-0.15, -0.1) is 0 Å². The van der Waals surface area contributed by atoms with Gasteiger partial charge in [-0.2, -0.15) is 8.42 Å². The van der Waals surface area contributed by atoms with Crippen LogP contribution in [0.1, 0.15) is 24.8 Å². The lowest BCUT2D eigenvalue weighted by molar-refractivity contribution is -0.145. The lowest BCUT2D eigenvalue weighted by atomic mass is 10.0. The SMILES string of the molecule is COC(=O)COCC=CCN1C(=O)CCC[C@@H]1CO.Cc1ccc(S(=O)(=O)O)cc1.O.